The Morgan fingerprint density at radius 2 is 2.04 bits per heavy atom. The zero-order valence-corrected chi connectivity index (χ0v) is 13.2. The third-order valence-electron chi connectivity index (χ3n) is 3.48. The van der Waals surface area contributed by atoms with Crippen LogP contribution in [0.2, 0.25) is 0 Å². The summed E-state index contributed by atoms with van der Waals surface area (Å²) in [6.07, 6.45) is 1.34. The summed E-state index contributed by atoms with van der Waals surface area (Å²) in [5.74, 6) is 0.818. The highest BCUT2D eigenvalue weighted by Crippen LogP contribution is 2.20. The number of methoxy groups -OCH3 is 1. The molecule has 0 radical (unpaired) electrons. The number of anilines is 1. The zero-order chi connectivity index (χ0) is 16.9. The second kappa shape index (κ2) is 6.87. The first-order valence-electron chi connectivity index (χ1n) is 7.38. The fourth-order valence-corrected chi connectivity index (χ4v) is 2.19. The first-order chi connectivity index (χ1) is 11.7. The summed E-state index contributed by atoms with van der Waals surface area (Å²) in [4.78, 5) is 16.4. The molecule has 3 aromatic rings. The van der Waals surface area contributed by atoms with E-state index in [4.69, 9.17) is 14.9 Å². The normalized spacial score (nSPS) is 10.4. The van der Waals surface area contributed by atoms with Gasteiger partial charge in [0.05, 0.1) is 7.11 Å². The Labute approximate surface area is 139 Å². The molecule has 3 N–H and O–H groups in total. The molecule has 0 atom stereocenters. The van der Waals surface area contributed by atoms with E-state index in [1.165, 1.54) is 6.26 Å². The average molecular weight is 323 g/mol. The predicted octanol–water partition coefficient (Wildman–Crippen LogP) is 2.86. The Hall–Kier alpha value is -3.28. The number of aromatic nitrogens is 1. The van der Waals surface area contributed by atoms with E-state index in [-0.39, 0.29) is 11.6 Å². The summed E-state index contributed by atoms with van der Waals surface area (Å²) in [6.45, 7) is 0.375. The number of hydrogen-bond acceptors (Lipinski definition) is 5. The number of carbonyl (C=O) groups excluding carboxylic acids is 1. The molecule has 0 aliphatic rings. The van der Waals surface area contributed by atoms with Gasteiger partial charge in [-0.05, 0) is 42.0 Å². The molecule has 0 saturated carbocycles. The van der Waals surface area contributed by atoms with E-state index in [9.17, 15) is 4.79 Å². The van der Waals surface area contributed by atoms with Crippen LogP contribution in [-0.4, -0.2) is 18.0 Å². The summed E-state index contributed by atoms with van der Waals surface area (Å²) in [6, 6.07) is 14.6. The lowest BCUT2D eigenvalue weighted by molar-refractivity contribution is 0.0946. The van der Waals surface area contributed by atoms with Crippen molar-refractivity contribution < 1.29 is 13.9 Å². The highest BCUT2D eigenvalue weighted by molar-refractivity contribution is 5.92. The molecule has 0 saturated heterocycles. The molecule has 0 spiro atoms. The molecule has 0 bridgehead atoms. The van der Waals surface area contributed by atoms with Crippen molar-refractivity contribution in [3.05, 3.63) is 66.1 Å². The largest absolute Gasteiger partial charge is 0.497 e. The van der Waals surface area contributed by atoms with Gasteiger partial charge in [0, 0.05) is 17.8 Å². The number of benzene rings is 2. The Bertz CT molecular complexity index is 841. The van der Waals surface area contributed by atoms with Gasteiger partial charge in [-0.2, -0.15) is 0 Å². The van der Waals surface area contributed by atoms with Crippen LogP contribution in [0.4, 0.5) is 5.69 Å². The Kier molecular flexibility index (Phi) is 4.47. The molecule has 6 nitrogen and oxygen atoms in total. The maximum Gasteiger partial charge on any atom is 0.273 e. The van der Waals surface area contributed by atoms with E-state index in [2.05, 4.69) is 10.3 Å². The van der Waals surface area contributed by atoms with Crippen LogP contribution in [-0.2, 0) is 6.54 Å². The van der Waals surface area contributed by atoms with Crippen molar-refractivity contribution in [3.8, 4) is 17.2 Å². The van der Waals surface area contributed by atoms with Gasteiger partial charge in [-0.3, -0.25) is 4.79 Å². The Balaban J connectivity index is 1.66. The summed E-state index contributed by atoms with van der Waals surface area (Å²) in [5, 5.41) is 2.80. The van der Waals surface area contributed by atoms with Crippen LogP contribution >= 0.6 is 0 Å². The van der Waals surface area contributed by atoms with Crippen LogP contribution in [0, 0.1) is 0 Å². The number of nitrogens with zero attached hydrogens (tertiary/aromatic N) is 1. The van der Waals surface area contributed by atoms with Gasteiger partial charge < -0.3 is 20.2 Å². The molecule has 1 amide bonds. The molecule has 0 aliphatic carbocycles. The number of ether oxygens (including phenoxy) is 1. The van der Waals surface area contributed by atoms with E-state index in [0.29, 0.717) is 18.1 Å². The van der Waals surface area contributed by atoms with Crippen molar-refractivity contribution in [1.82, 2.24) is 10.3 Å². The molecule has 3 rings (SSSR count). The number of oxazole rings is 1. The number of carbonyl (C=O) groups is 1. The highest BCUT2D eigenvalue weighted by atomic mass is 16.5. The minimum atomic E-state index is -0.303. The fourth-order valence-electron chi connectivity index (χ4n) is 2.19. The summed E-state index contributed by atoms with van der Waals surface area (Å²) in [7, 11) is 1.60. The number of nitrogens with one attached hydrogen (secondary N) is 1. The number of nitrogens with two attached hydrogens (primary N) is 1. The highest BCUT2D eigenvalue weighted by Gasteiger charge is 2.13. The Morgan fingerprint density at radius 3 is 2.79 bits per heavy atom. The van der Waals surface area contributed by atoms with Crippen molar-refractivity contribution in [2.75, 3.05) is 12.8 Å². The second-order valence-electron chi connectivity index (χ2n) is 5.19. The van der Waals surface area contributed by atoms with Crippen LogP contribution in [0.3, 0.4) is 0 Å². The zero-order valence-electron chi connectivity index (χ0n) is 13.2. The van der Waals surface area contributed by atoms with Gasteiger partial charge in [0.2, 0.25) is 5.89 Å². The number of nitrogen functional groups attached to an aromatic ring is 1. The molecular weight excluding hydrogens is 306 g/mol. The summed E-state index contributed by atoms with van der Waals surface area (Å²) >= 11 is 0. The first-order valence-corrected chi connectivity index (χ1v) is 7.38. The minimum Gasteiger partial charge on any atom is -0.497 e. The van der Waals surface area contributed by atoms with Gasteiger partial charge in [-0.15, -0.1) is 0 Å². The number of rotatable bonds is 5. The van der Waals surface area contributed by atoms with Gasteiger partial charge in [-0.25, -0.2) is 4.98 Å². The maximum atomic E-state index is 12.2. The molecule has 6 heteroatoms. The van der Waals surface area contributed by atoms with E-state index in [1.807, 2.05) is 24.3 Å². The standard InChI is InChI=1S/C18H17N3O3/c1-23-15-4-2-3-12(9-15)10-20-17(22)16-11-24-18(21-16)13-5-7-14(19)8-6-13/h2-9,11H,10,19H2,1H3,(H,20,22). The fraction of sp³-hybridized carbons (Fsp3) is 0.111. The SMILES string of the molecule is COc1cccc(CNC(=O)c2coc(-c3ccc(N)cc3)n2)c1. The molecule has 2 aromatic carbocycles. The topological polar surface area (TPSA) is 90.4 Å². The molecule has 1 heterocycles. The van der Waals surface area contributed by atoms with Gasteiger partial charge in [0.25, 0.3) is 5.91 Å². The predicted molar refractivity (Wildman–Crippen MR) is 90.5 cm³/mol. The van der Waals surface area contributed by atoms with Crippen molar-refractivity contribution in [2.24, 2.45) is 0 Å². The van der Waals surface area contributed by atoms with Crippen LogP contribution in [0.15, 0.2) is 59.2 Å². The van der Waals surface area contributed by atoms with Gasteiger partial charge in [0.1, 0.15) is 12.0 Å². The molecule has 0 fully saturated rings. The van der Waals surface area contributed by atoms with Crippen molar-refractivity contribution in [1.29, 1.82) is 0 Å². The molecule has 122 valence electrons. The second-order valence-corrected chi connectivity index (χ2v) is 5.19. The lowest BCUT2D eigenvalue weighted by Gasteiger charge is -2.05. The van der Waals surface area contributed by atoms with Crippen LogP contribution in [0.5, 0.6) is 5.75 Å². The quantitative estimate of drug-likeness (QED) is 0.705. The third kappa shape index (κ3) is 3.55. The van der Waals surface area contributed by atoms with Crippen LogP contribution in [0.1, 0.15) is 16.1 Å². The van der Waals surface area contributed by atoms with Crippen molar-refractivity contribution in [3.63, 3.8) is 0 Å². The molecule has 0 unspecified atom stereocenters. The molecule has 24 heavy (non-hydrogen) atoms. The third-order valence-corrected chi connectivity index (χ3v) is 3.48. The monoisotopic (exact) mass is 323 g/mol. The average Bonchev–Trinajstić information content (AvgIpc) is 3.10. The minimum absolute atomic E-state index is 0.227. The lowest BCUT2D eigenvalue weighted by Crippen LogP contribution is -2.23. The summed E-state index contributed by atoms with van der Waals surface area (Å²) < 4.78 is 10.5. The van der Waals surface area contributed by atoms with Gasteiger partial charge in [-0.1, -0.05) is 12.1 Å². The molecule has 1 aromatic heterocycles. The first kappa shape index (κ1) is 15.6. The van der Waals surface area contributed by atoms with Crippen molar-refractivity contribution >= 4 is 11.6 Å². The van der Waals surface area contributed by atoms with Gasteiger partial charge >= 0.3 is 0 Å². The van der Waals surface area contributed by atoms with Gasteiger partial charge in [0.15, 0.2) is 5.69 Å². The van der Waals surface area contributed by atoms with E-state index >= 15 is 0 Å². The van der Waals surface area contributed by atoms with Crippen LogP contribution < -0.4 is 15.8 Å². The number of amides is 1. The smallest absolute Gasteiger partial charge is 0.273 e. The van der Waals surface area contributed by atoms with E-state index in [0.717, 1.165) is 16.9 Å². The van der Waals surface area contributed by atoms with E-state index in [1.54, 1.807) is 31.4 Å². The van der Waals surface area contributed by atoms with Crippen molar-refractivity contribution in [2.45, 2.75) is 6.54 Å². The summed E-state index contributed by atoms with van der Waals surface area (Å²) in [5.41, 5.74) is 8.23. The maximum absolute atomic E-state index is 12.2. The molecule has 0 aliphatic heterocycles. The lowest BCUT2D eigenvalue weighted by atomic mass is 10.2. The van der Waals surface area contributed by atoms with E-state index < -0.39 is 0 Å². The Morgan fingerprint density at radius 1 is 1.25 bits per heavy atom. The molecular formula is C18H17N3O3. The number of hydrogen-bond donors (Lipinski definition) is 2. The van der Waals surface area contributed by atoms with Crippen LogP contribution in [0.25, 0.3) is 11.5 Å².